The van der Waals surface area contributed by atoms with Crippen LogP contribution in [0.5, 0.6) is 0 Å². The van der Waals surface area contributed by atoms with Gasteiger partial charge in [-0.2, -0.15) is 10.2 Å². The average Bonchev–Trinajstić information content (AvgIpc) is 3.23. The molecule has 1 atom stereocenters. The predicted molar refractivity (Wildman–Crippen MR) is 121 cm³/mol. The molecule has 0 radical (unpaired) electrons. The SMILES string of the molecule is CO[C@H](C)c1c(C)nn(-c2cc(Nc3nn(C)c(-c4ccc(F)cc4)c3C)ncn2)c1C. The van der Waals surface area contributed by atoms with E-state index in [9.17, 15) is 4.39 Å². The highest BCUT2D eigenvalue weighted by Gasteiger charge is 2.19. The first-order chi connectivity index (χ1) is 15.3. The van der Waals surface area contributed by atoms with Crippen LogP contribution in [0.3, 0.4) is 0 Å². The molecule has 0 unspecified atom stereocenters. The Hall–Kier alpha value is -3.59. The standard InChI is InChI=1S/C23H26FN7O/c1-13-22(17-7-9-18(24)10-8-17)30(5)29-23(13)27-19-11-20(26-12-25-19)31-15(3)21(14(2)28-31)16(4)32-6/h7-12,16H,1-6H3,(H,25,26,27,29)/t16-/m1/s1. The first-order valence-electron chi connectivity index (χ1n) is 10.3. The minimum Gasteiger partial charge on any atom is -0.377 e. The molecule has 4 rings (SSSR count). The van der Waals surface area contributed by atoms with Crippen molar-refractivity contribution in [3.05, 3.63) is 65.0 Å². The second-order valence-corrected chi connectivity index (χ2v) is 7.71. The average molecular weight is 436 g/mol. The van der Waals surface area contributed by atoms with E-state index in [4.69, 9.17) is 4.74 Å². The van der Waals surface area contributed by atoms with Gasteiger partial charge in [0.1, 0.15) is 18.0 Å². The summed E-state index contributed by atoms with van der Waals surface area (Å²) in [4.78, 5) is 8.75. The fourth-order valence-electron chi connectivity index (χ4n) is 4.00. The van der Waals surface area contributed by atoms with Gasteiger partial charge in [0.2, 0.25) is 0 Å². The van der Waals surface area contributed by atoms with E-state index in [0.29, 0.717) is 17.5 Å². The monoisotopic (exact) mass is 435 g/mol. The molecule has 0 saturated carbocycles. The van der Waals surface area contributed by atoms with E-state index in [2.05, 4.69) is 25.5 Å². The molecule has 32 heavy (non-hydrogen) atoms. The minimum atomic E-state index is -0.271. The summed E-state index contributed by atoms with van der Waals surface area (Å²) in [5.41, 5.74) is 5.63. The van der Waals surface area contributed by atoms with Crippen LogP contribution in [0.4, 0.5) is 16.0 Å². The zero-order valence-electron chi connectivity index (χ0n) is 19.0. The van der Waals surface area contributed by atoms with E-state index in [1.807, 2.05) is 40.8 Å². The number of halogens is 1. The van der Waals surface area contributed by atoms with Crippen LogP contribution in [-0.4, -0.2) is 36.6 Å². The van der Waals surface area contributed by atoms with Crippen LogP contribution in [0.2, 0.25) is 0 Å². The summed E-state index contributed by atoms with van der Waals surface area (Å²) >= 11 is 0. The molecule has 1 N–H and O–H groups in total. The van der Waals surface area contributed by atoms with Crippen molar-refractivity contribution in [1.29, 1.82) is 0 Å². The second kappa shape index (κ2) is 8.51. The van der Waals surface area contributed by atoms with Crippen molar-refractivity contribution in [1.82, 2.24) is 29.5 Å². The van der Waals surface area contributed by atoms with Gasteiger partial charge in [-0.3, -0.25) is 4.68 Å². The lowest BCUT2D eigenvalue weighted by molar-refractivity contribution is 0.118. The molecule has 3 aromatic heterocycles. The summed E-state index contributed by atoms with van der Waals surface area (Å²) < 4.78 is 22.4. The van der Waals surface area contributed by atoms with Crippen molar-refractivity contribution in [2.45, 2.75) is 33.8 Å². The molecule has 0 spiro atoms. The molecule has 9 heteroatoms. The van der Waals surface area contributed by atoms with E-state index in [1.165, 1.54) is 18.5 Å². The molecule has 0 bridgehead atoms. The Labute approximate surface area is 186 Å². The van der Waals surface area contributed by atoms with Gasteiger partial charge in [-0.15, -0.1) is 0 Å². The highest BCUT2D eigenvalue weighted by atomic mass is 19.1. The van der Waals surface area contributed by atoms with Gasteiger partial charge in [-0.05, 0) is 52.0 Å². The van der Waals surface area contributed by atoms with Crippen molar-refractivity contribution in [3.8, 4) is 17.1 Å². The maximum absolute atomic E-state index is 13.3. The van der Waals surface area contributed by atoms with Gasteiger partial charge >= 0.3 is 0 Å². The summed E-state index contributed by atoms with van der Waals surface area (Å²) in [7, 11) is 3.54. The van der Waals surface area contributed by atoms with Crippen molar-refractivity contribution in [3.63, 3.8) is 0 Å². The quantitative estimate of drug-likeness (QED) is 0.477. The number of benzene rings is 1. The number of anilines is 2. The molecule has 0 fully saturated rings. The van der Waals surface area contributed by atoms with Crippen molar-refractivity contribution in [2.75, 3.05) is 12.4 Å². The molecule has 0 aliphatic rings. The van der Waals surface area contributed by atoms with Crippen molar-refractivity contribution < 1.29 is 9.13 Å². The van der Waals surface area contributed by atoms with Crippen LogP contribution >= 0.6 is 0 Å². The summed E-state index contributed by atoms with van der Waals surface area (Å²) in [6.45, 7) is 7.92. The molecule has 3 heterocycles. The van der Waals surface area contributed by atoms with Gasteiger partial charge in [0.05, 0.1) is 17.5 Å². The molecular weight excluding hydrogens is 409 g/mol. The maximum Gasteiger partial charge on any atom is 0.159 e. The zero-order valence-corrected chi connectivity index (χ0v) is 19.0. The third-order valence-electron chi connectivity index (χ3n) is 5.63. The van der Waals surface area contributed by atoms with Crippen LogP contribution in [-0.2, 0) is 11.8 Å². The van der Waals surface area contributed by atoms with E-state index < -0.39 is 0 Å². The molecule has 0 amide bonds. The van der Waals surface area contributed by atoms with Crippen LogP contribution in [0.1, 0.15) is 35.5 Å². The second-order valence-electron chi connectivity index (χ2n) is 7.71. The lowest BCUT2D eigenvalue weighted by Crippen LogP contribution is -2.06. The molecule has 0 saturated heterocycles. The number of nitrogens with one attached hydrogen (secondary N) is 1. The predicted octanol–water partition coefficient (Wildman–Crippen LogP) is 4.58. The third-order valence-corrected chi connectivity index (χ3v) is 5.63. The van der Waals surface area contributed by atoms with Gasteiger partial charge < -0.3 is 10.1 Å². The smallest absolute Gasteiger partial charge is 0.159 e. The van der Waals surface area contributed by atoms with Crippen LogP contribution in [0.25, 0.3) is 17.1 Å². The van der Waals surface area contributed by atoms with E-state index in [-0.39, 0.29) is 11.9 Å². The number of nitrogens with zero attached hydrogens (tertiary/aromatic N) is 6. The largest absolute Gasteiger partial charge is 0.377 e. The zero-order chi connectivity index (χ0) is 23.0. The van der Waals surface area contributed by atoms with E-state index in [1.54, 1.807) is 28.6 Å². The maximum atomic E-state index is 13.3. The minimum absolute atomic E-state index is 0.0655. The topological polar surface area (TPSA) is 82.7 Å². The number of aryl methyl sites for hydroxylation is 2. The number of methoxy groups -OCH3 is 1. The molecular formula is C23H26FN7O. The van der Waals surface area contributed by atoms with Crippen molar-refractivity contribution in [2.24, 2.45) is 7.05 Å². The summed E-state index contributed by atoms with van der Waals surface area (Å²) in [5.74, 6) is 1.63. The van der Waals surface area contributed by atoms with E-state index >= 15 is 0 Å². The van der Waals surface area contributed by atoms with Gasteiger partial charge in [0, 0.05) is 42.6 Å². The van der Waals surface area contributed by atoms with E-state index in [0.717, 1.165) is 33.8 Å². The number of hydrogen-bond donors (Lipinski definition) is 1. The molecule has 0 aliphatic carbocycles. The molecule has 0 aliphatic heterocycles. The lowest BCUT2D eigenvalue weighted by Gasteiger charge is -2.11. The van der Waals surface area contributed by atoms with Crippen molar-refractivity contribution >= 4 is 11.6 Å². The van der Waals surface area contributed by atoms with Gasteiger partial charge in [0.25, 0.3) is 0 Å². The molecule has 166 valence electrons. The molecule has 1 aromatic carbocycles. The number of aromatic nitrogens is 6. The highest BCUT2D eigenvalue weighted by molar-refractivity contribution is 5.71. The van der Waals surface area contributed by atoms with Crippen LogP contribution in [0.15, 0.2) is 36.7 Å². The number of hydrogen-bond acceptors (Lipinski definition) is 6. The summed E-state index contributed by atoms with van der Waals surface area (Å²) in [5, 5.41) is 12.5. The first-order valence-corrected chi connectivity index (χ1v) is 10.3. The fourth-order valence-corrected chi connectivity index (χ4v) is 4.00. The Morgan fingerprint density at radius 2 is 1.78 bits per heavy atom. The van der Waals surface area contributed by atoms with Crippen LogP contribution < -0.4 is 5.32 Å². The highest BCUT2D eigenvalue weighted by Crippen LogP contribution is 2.30. The molecule has 4 aromatic rings. The summed E-state index contributed by atoms with van der Waals surface area (Å²) in [6.07, 6.45) is 1.43. The lowest BCUT2D eigenvalue weighted by atomic mass is 10.1. The first kappa shape index (κ1) is 21.6. The Balaban J connectivity index is 1.66. The number of rotatable bonds is 6. The van der Waals surface area contributed by atoms with Crippen LogP contribution in [0, 0.1) is 26.6 Å². The Morgan fingerprint density at radius 3 is 2.47 bits per heavy atom. The Kier molecular flexibility index (Phi) is 5.75. The Morgan fingerprint density at radius 1 is 1.06 bits per heavy atom. The number of ether oxygens (including phenoxy) is 1. The van der Waals surface area contributed by atoms with Gasteiger partial charge in [-0.1, -0.05) is 0 Å². The summed E-state index contributed by atoms with van der Waals surface area (Å²) in [6, 6.07) is 8.20. The molecule has 8 nitrogen and oxygen atoms in total. The fraction of sp³-hybridized carbons (Fsp3) is 0.304. The Bertz CT molecular complexity index is 1260. The van der Waals surface area contributed by atoms with Gasteiger partial charge in [-0.25, -0.2) is 19.0 Å². The van der Waals surface area contributed by atoms with Gasteiger partial charge in [0.15, 0.2) is 11.6 Å². The normalized spacial score (nSPS) is 12.2. The third kappa shape index (κ3) is 3.87.